The van der Waals surface area contributed by atoms with Crippen molar-refractivity contribution in [2.24, 2.45) is 0 Å². The van der Waals surface area contributed by atoms with Gasteiger partial charge in [0.05, 0.1) is 12.7 Å². The fraction of sp³-hybridized carbons (Fsp3) is 0.938. The molecule has 0 bridgehead atoms. The molecule has 0 radical (unpaired) electrons. The van der Waals surface area contributed by atoms with Crippen molar-refractivity contribution in [2.75, 3.05) is 6.61 Å². The normalized spacial score (nSPS) is 15.7. The van der Waals surface area contributed by atoms with Gasteiger partial charge in [0.2, 0.25) is 8.32 Å². The summed E-state index contributed by atoms with van der Waals surface area (Å²) in [5, 5.41) is 19.3. The zero-order valence-electron chi connectivity index (χ0n) is 15.3. The van der Waals surface area contributed by atoms with Crippen molar-refractivity contribution >= 4 is 14.3 Å². The first kappa shape index (κ1) is 21.6. The molecule has 0 saturated carbocycles. The maximum Gasteiger partial charge on any atom is 0.337 e. The van der Waals surface area contributed by atoms with Crippen molar-refractivity contribution in [3.63, 3.8) is 0 Å². The molecule has 2 N–H and O–H groups in total. The van der Waals surface area contributed by atoms with Gasteiger partial charge < -0.3 is 19.4 Å². The van der Waals surface area contributed by atoms with Crippen molar-refractivity contribution in [2.45, 2.75) is 90.3 Å². The lowest BCUT2D eigenvalue weighted by atomic mass is 10.2. The van der Waals surface area contributed by atoms with Gasteiger partial charge in [-0.3, -0.25) is 0 Å². The van der Waals surface area contributed by atoms with Crippen LogP contribution in [0, 0.1) is 0 Å². The molecule has 0 rings (SSSR count). The third kappa shape index (κ3) is 5.04. The number of hydrogen-bond donors (Lipinski definition) is 2. The summed E-state index contributed by atoms with van der Waals surface area (Å²) in [6.07, 6.45) is -2.70. The molecule has 0 aromatic heterocycles. The average molecular weight is 335 g/mol. The number of ether oxygens (including phenoxy) is 1. The van der Waals surface area contributed by atoms with Gasteiger partial charge in [0.25, 0.3) is 0 Å². The van der Waals surface area contributed by atoms with E-state index in [4.69, 9.17) is 9.16 Å². The van der Waals surface area contributed by atoms with Crippen LogP contribution in [0.15, 0.2) is 0 Å². The number of aliphatic hydroxyl groups excluding tert-OH is 2. The second kappa shape index (κ2) is 9.01. The van der Waals surface area contributed by atoms with Crippen LogP contribution in [0.1, 0.15) is 55.4 Å². The first-order chi connectivity index (χ1) is 10.00. The maximum atomic E-state index is 12.3. The SMILES string of the molecule is CC(C)OC(=O)[C@H](O[Si](C(C)C)(C(C)C)C(C)C)[C@@H](O)CO. The highest BCUT2D eigenvalue weighted by molar-refractivity contribution is 6.77. The van der Waals surface area contributed by atoms with Crippen LogP contribution >= 0.6 is 0 Å². The van der Waals surface area contributed by atoms with Crippen molar-refractivity contribution in [3.8, 4) is 0 Å². The Balaban J connectivity index is 5.60. The third-order valence-electron chi connectivity index (χ3n) is 4.16. The quantitative estimate of drug-likeness (QED) is 0.501. The zero-order chi connectivity index (χ0) is 17.7. The summed E-state index contributed by atoms with van der Waals surface area (Å²) < 4.78 is 11.5. The Labute approximate surface area is 136 Å². The fourth-order valence-electron chi connectivity index (χ4n) is 3.31. The lowest BCUT2D eigenvalue weighted by Crippen LogP contribution is -2.55. The Morgan fingerprint density at radius 2 is 1.36 bits per heavy atom. The van der Waals surface area contributed by atoms with E-state index in [1.165, 1.54) is 0 Å². The highest BCUT2D eigenvalue weighted by Gasteiger charge is 2.49. The molecule has 0 saturated heterocycles. The van der Waals surface area contributed by atoms with Gasteiger partial charge in [-0.05, 0) is 30.5 Å². The van der Waals surface area contributed by atoms with Crippen LogP contribution in [0.5, 0.6) is 0 Å². The molecule has 0 unspecified atom stereocenters. The molecule has 0 aliphatic heterocycles. The predicted molar refractivity (Wildman–Crippen MR) is 90.2 cm³/mol. The first-order valence-corrected chi connectivity index (χ1v) is 10.3. The molecule has 0 aliphatic carbocycles. The summed E-state index contributed by atoms with van der Waals surface area (Å²) in [5.74, 6) is -0.602. The molecule has 0 aliphatic rings. The summed E-state index contributed by atoms with van der Waals surface area (Å²) in [4.78, 5) is 12.3. The first-order valence-electron chi connectivity index (χ1n) is 8.17. The molecule has 0 amide bonds. The van der Waals surface area contributed by atoms with Crippen molar-refractivity contribution in [3.05, 3.63) is 0 Å². The third-order valence-corrected chi connectivity index (χ3v) is 10.2. The lowest BCUT2D eigenvalue weighted by Gasteiger charge is -2.44. The minimum Gasteiger partial charge on any atom is -0.461 e. The van der Waals surface area contributed by atoms with Gasteiger partial charge >= 0.3 is 5.97 Å². The molecule has 2 atom stereocenters. The van der Waals surface area contributed by atoms with Crippen LogP contribution < -0.4 is 0 Å². The minimum absolute atomic E-state index is 0.271. The number of carbonyl (C=O) groups is 1. The van der Waals surface area contributed by atoms with Crippen molar-refractivity contribution in [1.29, 1.82) is 0 Å². The average Bonchev–Trinajstić information content (AvgIpc) is 2.36. The Bertz CT molecular complexity index is 320. The number of esters is 1. The zero-order valence-corrected chi connectivity index (χ0v) is 16.3. The van der Waals surface area contributed by atoms with E-state index in [0.29, 0.717) is 0 Å². The van der Waals surface area contributed by atoms with Crippen LogP contribution in [0.4, 0.5) is 0 Å². The topological polar surface area (TPSA) is 76.0 Å². The maximum absolute atomic E-state index is 12.3. The van der Waals surface area contributed by atoms with Crippen LogP contribution in [0.2, 0.25) is 16.6 Å². The largest absolute Gasteiger partial charge is 0.461 e. The summed E-state index contributed by atoms with van der Waals surface area (Å²) in [7, 11) is -2.36. The molecule has 6 heteroatoms. The summed E-state index contributed by atoms with van der Waals surface area (Å²) in [5.41, 5.74) is 0.813. The monoisotopic (exact) mass is 334 g/mol. The highest BCUT2D eigenvalue weighted by Crippen LogP contribution is 2.43. The molecule has 0 aromatic carbocycles. The van der Waals surface area contributed by atoms with Gasteiger partial charge in [0, 0.05) is 0 Å². The summed E-state index contributed by atoms with van der Waals surface area (Å²) in [6.45, 7) is 15.6. The van der Waals surface area contributed by atoms with Crippen LogP contribution in [0.3, 0.4) is 0 Å². The van der Waals surface area contributed by atoms with Gasteiger partial charge in [-0.15, -0.1) is 0 Å². The number of rotatable bonds is 9. The smallest absolute Gasteiger partial charge is 0.337 e. The molecule has 0 fully saturated rings. The fourth-order valence-corrected chi connectivity index (χ4v) is 8.82. The molecular formula is C16H34O5Si. The van der Waals surface area contributed by atoms with E-state index in [9.17, 15) is 15.0 Å². The molecular weight excluding hydrogens is 300 g/mol. The minimum atomic E-state index is -2.36. The van der Waals surface area contributed by atoms with Crippen LogP contribution in [-0.2, 0) is 14.0 Å². The van der Waals surface area contributed by atoms with Gasteiger partial charge in [0.1, 0.15) is 6.10 Å². The molecule has 22 heavy (non-hydrogen) atoms. The van der Waals surface area contributed by atoms with Gasteiger partial charge in [0.15, 0.2) is 6.10 Å². The molecule has 5 nitrogen and oxygen atoms in total. The van der Waals surface area contributed by atoms with Gasteiger partial charge in [-0.2, -0.15) is 0 Å². The van der Waals surface area contributed by atoms with Crippen molar-refractivity contribution in [1.82, 2.24) is 0 Å². The Morgan fingerprint density at radius 3 is 1.64 bits per heavy atom. The number of carbonyl (C=O) groups excluding carboxylic acids is 1. The van der Waals surface area contributed by atoms with Gasteiger partial charge in [-0.1, -0.05) is 41.5 Å². The molecule has 0 heterocycles. The summed E-state index contributed by atoms with van der Waals surface area (Å²) >= 11 is 0. The van der Waals surface area contributed by atoms with E-state index < -0.39 is 33.1 Å². The van der Waals surface area contributed by atoms with E-state index in [1.54, 1.807) is 13.8 Å². The van der Waals surface area contributed by atoms with E-state index in [2.05, 4.69) is 41.5 Å². The summed E-state index contributed by atoms with van der Waals surface area (Å²) in [6, 6.07) is 0. The van der Waals surface area contributed by atoms with Crippen LogP contribution in [0.25, 0.3) is 0 Å². The standard InChI is InChI=1S/C16H34O5Si/c1-10(2)20-16(19)15(14(18)9-17)21-22(11(3)4,12(5)6)13(7)8/h10-15,17-18H,9H2,1-8H3/t14-,15+/m0/s1. The Morgan fingerprint density at radius 1 is 0.955 bits per heavy atom. The molecule has 0 spiro atoms. The second-order valence-corrected chi connectivity index (χ2v) is 12.5. The van der Waals surface area contributed by atoms with Crippen LogP contribution in [-0.4, -0.2) is 49.4 Å². The number of hydrogen-bond acceptors (Lipinski definition) is 5. The highest BCUT2D eigenvalue weighted by atomic mass is 28.4. The van der Waals surface area contributed by atoms with E-state index in [0.717, 1.165) is 0 Å². The Kier molecular flexibility index (Phi) is 8.83. The molecule has 132 valence electrons. The van der Waals surface area contributed by atoms with E-state index in [1.807, 2.05) is 0 Å². The van der Waals surface area contributed by atoms with E-state index >= 15 is 0 Å². The van der Waals surface area contributed by atoms with Gasteiger partial charge in [-0.25, -0.2) is 4.79 Å². The second-order valence-electron chi connectivity index (χ2n) is 7.09. The van der Waals surface area contributed by atoms with E-state index in [-0.39, 0.29) is 22.7 Å². The lowest BCUT2D eigenvalue weighted by molar-refractivity contribution is -0.163. The van der Waals surface area contributed by atoms with Crippen molar-refractivity contribution < 1.29 is 24.2 Å². The Hall–Kier alpha value is -0.433. The number of aliphatic hydroxyl groups is 2. The predicted octanol–water partition coefficient (Wildman–Crippen LogP) is 2.85. The molecule has 0 aromatic rings.